The first kappa shape index (κ1) is 11.6. The minimum atomic E-state index is -0.287. The van der Waals surface area contributed by atoms with Gasteiger partial charge in [0.1, 0.15) is 5.82 Å². The average molecular weight is 323 g/mol. The van der Waals surface area contributed by atoms with Gasteiger partial charge in [-0.2, -0.15) is 0 Å². The van der Waals surface area contributed by atoms with E-state index >= 15 is 0 Å². The van der Waals surface area contributed by atoms with Gasteiger partial charge in [-0.25, -0.2) is 4.39 Å². The molecule has 0 radical (unpaired) electrons. The third kappa shape index (κ3) is 1.79. The molecule has 3 aromatic rings. The van der Waals surface area contributed by atoms with Crippen molar-refractivity contribution in [2.75, 3.05) is 0 Å². The average Bonchev–Trinajstić information content (AvgIpc) is 2.69. The Balaban J connectivity index is 2.34. The Kier molecular flexibility index (Phi) is 2.80. The van der Waals surface area contributed by atoms with Gasteiger partial charge in [0.25, 0.3) is 0 Å². The molecule has 0 aliphatic carbocycles. The van der Waals surface area contributed by atoms with Crippen molar-refractivity contribution in [2.45, 2.75) is 0 Å². The van der Waals surface area contributed by atoms with Crippen molar-refractivity contribution in [3.05, 3.63) is 57.5 Å². The maximum atomic E-state index is 13.3. The molecule has 2 nitrogen and oxygen atoms in total. The Morgan fingerprint density at radius 2 is 1.94 bits per heavy atom. The molecule has 1 aromatic heterocycles. The van der Waals surface area contributed by atoms with E-state index < -0.39 is 0 Å². The highest BCUT2D eigenvalue weighted by Gasteiger charge is 2.07. The molecule has 3 rings (SSSR count). The van der Waals surface area contributed by atoms with Crippen molar-refractivity contribution in [2.24, 2.45) is 0 Å². The van der Waals surface area contributed by atoms with Gasteiger partial charge < -0.3 is 4.98 Å². The zero-order chi connectivity index (χ0) is 12.7. The summed E-state index contributed by atoms with van der Waals surface area (Å²) >= 11 is 8.50. The molecule has 0 aliphatic rings. The van der Waals surface area contributed by atoms with Crippen molar-refractivity contribution >= 4 is 39.2 Å². The molecule has 0 saturated carbocycles. The van der Waals surface area contributed by atoms with E-state index in [9.17, 15) is 4.39 Å². The summed E-state index contributed by atoms with van der Waals surface area (Å²) in [5.74, 6) is -0.287. The van der Waals surface area contributed by atoms with E-state index in [0.717, 1.165) is 16.7 Å². The lowest BCUT2D eigenvalue weighted by Gasteiger charge is -2.05. The van der Waals surface area contributed by atoms with Gasteiger partial charge in [0.05, 0.1) is 15.5 Å². The van der Waals surface area contributed by atoms with Crippen LogP contribution in [0.4, 0.5) is 4.39 Å². The van der Waals surface area contributed by atoms with Crippen molar-refractivity contribution in [3.8, 4) is 5.69 Å². The number of imidazole rings is 1. The first-order valence-electron chi connectivity index (χ1n) is 5.32. The van der Waals surface area contributed by atoms with Crippen LogP contribution in [0, 0.1) is 10.6 Å². The molecule has 0 saturated heterocycles. The third-order valence-corrected chi connectivity index (χ3v) is 3.64. The Hall–Kier alpha value is -1.46. The molecule has 2 aromatic carbocycles. The van der Waals surface area contributed by atoms with Crippen LogP contribution in [-0.4, -0.2) is 9.55 Å². The number of halogens is 2. The SMILES string of the molecule is Fc1ccc(-n2c(=S)[nH]c3ccccc32)cc1Br. The molecule has 0 atom stereocenters. The molecule has 0 bridgehead atoms. The second kappa shape index (κ2) is 4.33. The maximum Gasteiger partial charge on any atom is 0.182 e. The Morgan fingerprint density at radius 3 is 2.72 bits per heavy atom. The van der Waals surface area contributed by atoms with Gasteiger partial charge in [0.2, 0.25) is 0 Å². The first-order chi connectivity index (χ1) is 8.66. The molecule has 1 N–H and O–H groups in total. The van der Waals surface area contributed by atoms with Crippen LogP contribution in [-0.2, 0) is 0 Å². The molecular weight excluding hydrogens is 315 g/mol. The van der Waals surface area contributed by atoms with E-state index in [-0.39, 0.29) is 5.82 Å². The smallest absolute Gasteiger partial charge is 0.182 e. The van der Waals surface area contributed by atoms with E-state index in [1.807, 2.05) is 28.8 Å². The van der Waals surface area contributed by atoms with Crippen molar-refractivity contribution in [1.29, 1.82) is 0 Å². The van der Waals surface area contributed by atoms with Crippen LogP contribution in [0.2, 0.25) is 0 Å². The number of hydrogen-bond acceptors (Lipinski definition) is 1. The van der Waals surface area contributed by atoms with Crippen LogP contribution < -0.4 is 0 Å². The van der Waals surface area contributed by atoms with Gasteiger partial charge >= 0.3 is 0 Å². The Bertz CT molecular complexity index is 791. The number of aromatic nitrogens is 2. The van der Waals surface area contributed by atoms with Crippen LogP contribution in [0.1, 0.15) is 0 Å². The molecule has 0 fully saturated rings. The number of hydrogen-bond donors (Lipinski definition) is 1. The fourth-order valence-electron chi connectivity index (χ4n) is 1.94. The molecule has 0 unspecified atom stereocenters. The predicted molar refractivity (Wildman–Crippen MR) is 76.1 cm³/mol. The molecular formula is C13H8BrFN2S. The number of para-hydroxylation sites is 2. The summed E-state index contributed by atoms with van der Waals surface area (Å²) in [7, 11) is 0. The van der Waals surface area contributed by atoms with Gasteiger partial charge in [0, 0.05) is 5.69 Å². The van der Waals surface area contributed by atoms with Crippen LogP contribution in [0.3, 0.4) is 0 Å². The minimum Gasteiger partial charge on any atom is -0.330 e. The zero-order valence-electron chi connectivity index (χ0n) is 9.15. The van der Waals surface area contributed by atoms with E-state index in [2.05, 4.69) is 20.9 Å². The van der Waals surface area contributed by atoms with Gasteiger partial charge in [0.15, 0.2) is 4.77 Å². The molecule has 5 heteroatoms. The topological polar surface area (TPSA) is 20.7 Å². The number of nitrogens with one attached hydrogen (secondary N) is 1. The molecule has 1 heterocycles. The standard InChI is InChI=1S/C13H8BrFN2S/c14-9-7-8(5-6-10(9)15)17-12-4-2-1-3-11(12)16-13(17)18/h1-7H,(H,16,18). The van der Waals surface area contributed by atoms with Gasteiger partial charge in [-0.05, 0) is 58.5 Å². The molecule has 18 heavy (non-hydrogen) atoms. The first-order valence-corrected chi connectivity index (χ1v) is 6.52. The second-order valence-electron chi connectivity index (χ2n) is 3.88. The van der Waals surface area contributed by atoms with Gasteiger partial charge in [-0.15, -0.1) is 0 Å². The molecule has 0 spiro atoms. The summed E-state index contributed by atoms with van der Waals surface area (Å²) < 4.78 is 16.2. The van der Waals surface area contributed by atoms with Gasteiger partial charge in [-0.3, -0.25) is 4.57 Å². The number of fused-ring (bicyclic) bond motifs is 1. The number of benzene rings is 2. The van der Waals surface area contributed by atoms with E-state index in [0.29, 0.717) is 9.24 Å². The number of rotatable bonds is 1. The number of nitrogens with zero attached hydrogens (tertiary/aromatic N) is 1. The van der Waals surface area contributed by atoms with Crippen molar-refractivity contribution in [3.63, 3.8) is 0 Å². The summed E-state index contributed by atoms with van der Waals surface area (Å²) in [6.07, 6.45) is 0. The van der Waals surface area contributed by atoms with Crippen molar-refractivity contribution in [1.82, 2.24) is 9.55 Å². The molecule has 0 amide bonds. The van der Waals surface area contributed by atoms with Gasteiger partial charge in [-0.1, -0.05) is 12.1 Å². The predicted octanol–water partition coefficient (Wildman–Crippen LogP) is 4.59. The Morgan fingerprint density at radius 1 is 1.17 bits per heavy atom. The molecule has 90 valence electrons. The monoisotopic (exact) mass is 322 g/mol. The van der Waals surface area contributed by atoms with Crippen LogP contribution in [0.25, 0.3) is 16.7 Å². The maximum absolute atomic E-state index is 13.3. The highest BCUT2D eigenvalue weighted by molar-refractivity contribution is 9.10. The summed E-state index contributed by atoms with van der Waals surface area (Å²) in [5, 5.41) is 0. The lowest BCUT2D eigenvalue weighted by molar-refractivity contribution is 0.620. The summed E-state index contributed by atoms with van der Waals surface area (Å²) in [5.41, 5.74) is 2.76. The fraction of sp³-hybridized carbons (Fsp3) is 0. The zero-order valence-corrected chi connectivity index (χ0v) is 11.6. The van der Waals surface area contributed by atoms with Crippen LogP contribution in [0.15, 0.2) is 46.9 Å². The lowest BCUT2D eigenvalue weighted by atomic mass is 10.3. The van der Waals surface area contributed by atoms with E-state index in [4.69, 9.17) is 12.2 Å². The normalized spacial score (nSPS) is 11.0. The fourth-order valence-corrected chi connectivity index (χ4v) is 2.62. The highest BCUT2D eigenvalue weighted by Crippen LogP contribution is 2.23. The van der Waals surface area contributed by atoms with Crippen LogP contribution >= 0.6 is 28.1 Å². The Labute approximate surface area is 116 Å². The summed E-state index contributed by atoms with van der Waals surface area (Å²) in [6, 6.07) is 12.7. The van der Waals surface area contributed by atoms with Crippen molar-refractivity contribution < 1.29 is 4.39 Å². The highest BCUT2D eigenvalue weighted by atomic mass is 79.9. The largest absolute Gasteiger partial charge is 0.330 e. The third-order valence-electron chi connectivity index (χ3n) is 2.75. The lowest BCUT2D eigenvalue weighted by Crippen LogP contribution is -1.94. The second-order valence-corrected chi connectivity index (χ2v) is 5.12. The minimum absolute atomic E-state index is 0.287. The molecule has 0 aliphatic heterocycles. The van der Waals surface area contributed by atoms with Crippen LogP contribution in [0.5, 0.6) is 0 Å². The summed E-state index contributed by atoms with van der Waals surface area (Å²) in [6.45, 7) is 0. The van der Waals surface area contributed by atoms with E-state index in [1.165, 1.54) is 6.07 Å². The number of H-pyrrole nitrogens is 1. The summed E-state index contributed by atoms with van der Waals surface area (Å²) in [4.78, 5) is 3.13. The van der Waals surface area contributed by atoms with E-state index in [1.54, 1.807) is 12.1 Å². The quantitative estimate of drug-likeness (QED) is 0.650. The number of aromatic amines is 1.